The molecule has 2 rings (SSSR count). The fourth-order valence-corrected chi connectivity index (χ4v) is 2.40. The molecule has 0 radical (unpaired) electrons. The molecule has 2 aromatic rings. The van der Waals surface area contributed by atoms with Gasteiger partial charge in [0.2, 0.25) is 0 Å². The predicted octanol–water partition coefficient (Wildman–Crippen LogP) is 3.04. The Labute approximate surface area is 117 Å². The lowest BCUT2D eigenvalue weighted by molar-refractivity contribution is 0.343. The second kappa shape index (κ2) is 6.70. The van der Waals surface area contributed by atoms with E-state index in [1.807, 2.05) is 24.3 Å². The number of aromatic amines is 1. The van der Waals surface area contributed by atoms with Gasteiger partial charge in [-0.25, -0.2) is 4.79 Å². The molecule has 0 bridgehead atoms. The van der Waals surface area contributed by atoms with Crippen LogP contribution in [0.3, 0.4) is 0 Å². The van der Waals surface area contributed by atoms with Gasteiger partial charge in [-0.2, -0.15) is 11.8 Å². The standard InChI is InChI=1S/C12H12BrNO3S/c13-9-2-1-3-10(6-9)16-4-5-18-8-11-7-14-12(15)17-11/h1-3,6-7H,4-5,8H2,(H,14,15). The zero-order valence-electron chi connectivity index (χ0n) is 9.52. The number of oxazole rings is 1. The highest BCUT2D eigenvalue weighted by atomic mass is 79.9. The number of ether oxygens (including phenoxy) is 1. The smallest absolute Gasteiger partial charge is 0.416 e. The van der Waals surface area contributed by atoms with E-state index in [0.29, 0.717) is 18.1 Å². The second-order valence-electron chi connectivity index (χ2n) is 3.50. The average Bonchev–Trinajstić information content (AvgIpc) is 2.75. The minimum atomic E-state index is -0.406. The number of halogens is 1. The van der Waals surface area contributed by atoms with E-state index in [0.717, 1.165) is 16.0 Å². The summed E-state index contributed by atoms with van der Waals surface area (Å²) in [5.41, 5.74) is 0. The summed E-state index contributed by atoms with van der Waals surface area (Å²) in [4.78, 5) is 13.2. The van der Waals surface area contributed by atoms with Crippen LogP contribution < -0.4 is 10.5 Å². The Balaban J connectivity index is 1.66. The van der Waals surface area contributed by atoms with Crippen molar-refractivity contribution in [2.45, 2.75) is 5.75 Å². The summed E-state index contributed by atoms with van der Waals surface area (Å²) in [6.07, 6.45) is 1.59. The average molecular weight is 330 g/mol. The first-order valence-corrected chi connectivity index (χ1v) is 7.32. The Morgan fingerprint density at radius 2 is 2.33 bits per heavy atom. The lowest BCUT2D eigenvalue weighted by atomic mass is 10.3. The van der Waals surface area contributed by atoms with Crippen LogP contribution in [0.25, 0.3) is 0 Å². The molecule has 1 aromatic heterocycles. The van der Waals surface area contributed by atoms with Crippen molar-refractivity contribution in [2.75, 3.05) is 12.4 Å². The number of benzene rings is 1. The first-order valence-electron chi connectivity index (χ1n) is 5.37. The topological polar surface area (TPSA) is 55.2 Å². The molecule has 0 fully saturated rings. The largest absolute Gasteiger partial charge is 0.493 e. The number of H-pyrrole nitrogens is 1. The highest BCUT2D eigenvalue weighted by molar-refractivity contribution is 9.10. The molecule has 18 heavy (non-hydrogen) atoms. The molecule has 0 spiro atoms. The number of aromatic nitrogens is 1. The van der Waals surface area contributed by atoms with Crippen molar-refractivity contribution < 1.29 is 9.15 Å². The summed E-state index contributed by atoms with van der Waals surface area (Å²) in [5, 5.41) is 0. The zero-order valence-corrected chi connectivity index (χ0v) is 11.9. The Hall–Kier alpha value is -1.14. The Bertz CT molecular complexity index is 552. The molecule has 0 atom stereocenters. The summed E-state index contributed by atoms with van der Waals surface area (Å²) in [6.45, 7) is 0.621. The molecule has 0 saturated heterocycles. The van der Waals surface area contributed by atoms with Gasteiger partial charge in [0.15, 0.2) is 0 Å². The minimum Gasteiger partial charge on any atom is -0.493 e. The number of rotatable bonds is 6. The molecule has 0 amide bonds. The van der Waals surface area contributed by atoms with E-state index in [4.69, 9.17) is 9.15 Å². The summed E-state index contributed by atoms with van der Waals surface area (Å²) >= 11 is 5.04. The van der Waals surface area contributed by atoms with E-state index in [-0.39, 0.29) is 0 Å². The van der Waals surface area contributed by atoms with Gasteiger partial charge in [0.05, 0.1) is 12.4 Å². The monoisotopic (exact) mass is 329 g/mol. The van der Waals surface area contributed by atoms with Crippen LogP contribution in [-0.4, -0.2) is 17.3 Å². The van der Waals surface area contributed by atoms with Gasteiger partial charge >= 0.3 is 5.76 Å². The minimum absolute atomic E-state index is 0.406. The van der Waals surface area contributed by atoms with Gasteiger partial charge in [-0.1, -0.05) is 22.0 Å². The van der Waals surface area contributed by atoms with Crippen LogP contribution in [0, 0.1) is 0 Å². The van der Waals surface area contributed by atoms with Crippen LogP contribution in [-0.2, 0) is 5.75 Å². The number of thioether (sulfide) groups is 1. The van der Waals surface area contributed by atoms with Crippen molar-refractivity contribution >= 4 is 27.7 Å². The van der Waals surface area contributed by atoms with Crippen molar-refractivity contribution in [3.63, 3.8) is 0 Å². The van der Waals surface area contributed by atoms with E-state index in [9.17, 15) is 4.79 Å². The molecule has 6 heteroatoms. The number of hydrogen-bond donors (Lipinski definition) is 1. The zero-order chi connectivity index (χ0) is 12.8. The predicted molar refractivity (Wildman–Crippen MR) is 75.1 cm³/mol. The lowest BCUT2D eigenvalue weighted by Gasteiger charge is -2.05. The molecule has 0 aliphatic heterocycles. The molecule has 1 aromatic carbocycles. The molecule has 1 heterocycles. The van der Waals surface area contributed by atoms with Crippen molar-refractivity contribution in [2.24, 2.45) is 0 Å². The molecule has 4 nitrogen and oxygen atoms in total. The Morgan fingerprint density at radius 3 is 3.06 bits per heavy atom. The summed E-state index contributed by atoms with van der Waals surface area (Å²) in [7, 11) is 0. The maximum atomic E-state index is 10.7. The van der Waals surface area contributed by atoms with Crippen molar-refractivity contribution in [3.05, 3.63) is 51.2 Å². The molecular weight excluding hydrogens is 318 g/mol. The molecule has 1 N–H and O–H groups in total. The molecule has 0 saturated carbocycles. The van der Waals surface area contributed by atoms with E-state index in [1.54, 1.807) is 18.0 Å². The van der Waals surface area contributed by atoms with Crippen molar-refractivity contribution in [1.82, 2.24) is 4.98 Å². The van der Waals surface area contributed by atoms with Crippen molar-refractivity contribution in [1.29, 1.82) is 0 Å². The van der Waals surface area contributed by atoms with Crippen LogP contribution in [0.2, 0.25) is 0 Å². The maximum Gasteiger partial charge on any atom is 0.416 e. The number of hydrogen-bond acceptors (Lipinski definition) is 4. The first kappa shape index (κ1) is 13.3. The third kappa shape index (κ3) is 4.27. The summed E-state index contributed by atoms with van der Waals surface area (Å²) < 4.78 is 11.5. The fourth-order valence-electron chi connectivity index (χ4n) is 1.34. The van der Waals surface area contributed by atoms with Crippen LogP contribution in [0.1, 0.15) is 5.76 Å². The Kier molecular flexibility index (Phi) is 4.95. The van der Waals surface area contributed by atoms with E-state index >= 15 is 0 Å². The third-order valence-corrected chi connectivity index (χ3v) is 3.55. The number of nitrogens with one attached hydrogen (secondary N) is 1. The van der Waals surface area contributed by atoms with Crippen LogP contribution in [0.15, 0.2) is 44.1 Å². The third-order valence-electron chi connectivity index (χ3n) is 2.11. The van der Waals surface area contributed by atoms with E-state index in [2.05, 4.69) is 20.9 Å². The van der Waals surface area contributed by atoms with Gasteiger partial charge in [0, 0.05) is 16.4 Å². The SMILES string of the molecule is O=c1[nH]cc(CSCCOc2cccc(Br)c2)o1. The highest BCUT2D eigenvalue weighted by Crippen LogP contribution is 2.18. The van der Waals surface area contributed by atoms with Crippen LogP contribution in [0.5, 0.6) is 5.75 Å². The van der Waals surface area contributed by atoms with Crippen molar-refractivity contribution in [3.8, 4) is 5.75 Å². The normalized spacial score (nSPS) is 10.5. The summed E-state index contributed by atoms with van der Waals surface area (Å²) in [6, 6.07) is 7.73. The molecular formula is C12H12BrNO3S. The Morgan fingerprint density at radius 1 is 1.44 bits per heavy atom. The van der Waals surface area contributed by atoms with Gasteiger partial charge in [-0.15, -0.1) is 0 Å². The fraction of sp³-hybridized carbons (Fsp3) is 0.250. The van der Waals surface area contributed by atoms with E-state index in [1.165, 1.54) is 0 Å². The maximum absolute atomic E-state index is 10.7. The lowest BCUT2D eigenvalue weighted by Crippen LogP contribution is -2.00. The van der Waals surface area contributed by atoms with Gasteiger partial charge in [-0.05, 0) is 18.2 Å². The second-order valence-corrected chi connectivity index (χ2v) is 5.52. The molecule has 0 aliphatic rings. The van der Waals surface area contributed by atoms with Gasteiger partial charge in [-0.3, -0.25) is 4.98 Å². The van der Waals surface area contributed by atoms with Gasteiger partial charge in [0.1, 0.15) is 11.5 Å². The molecule has 0 unspecified atom stereocenters. The molecule has 0 aliphatic carbocycles. The van der Waals surface area contributed by atoms with Gasteiger partial charge < -0.3 is 9.15 Å². The van der Waals surface area contributed by atoms with Crippen LogP contribution >= 0.6 is 27.7 Å². The van der Waals surface area contributed by atoms with Crippen LogP contribution in [0.4, 0.5) is 0 Å². The first-order chi connectivity index (χ1) is 8.74. The highest BCUT2D eigenvalue weighted by Gasteiger charge is 1.99. The molecule has 96 valence electrons. The quantitative estimate of drug-likeness (QED) is 0.827. The van der Waals surface area contributed by atoms with Gasteiger partial charge in [0.25, 0.3) is 0 Å². The summed E-state index contributed by atoms with van der Waals surface area (Å²) in [5.74, 6) is 2.60. The van der Waals surface area contributed by atoms with E-state index < -0.39 is 5.76 Å².